The van der Waals surface area contributed by atoms with E-state index in [0.29, 0.717) is 32.2 Å². The number of alkyl halides is 2. The summed E-state index contributed by atoms with van der Waals surface area (Å²) in [6.07, 6.45) is 18.8. The summed E-state index contributed by atoms with van der Waals surface area (Å²) < 4.78 is 66.4. The van der Waals surface area contributed by atoms with Crippen molar-refractivity contribution in [3.05, 3.63) is 35.5 Å². The lowest BCUT2D eigenvalue weighted by Gasteiger charge is -2.31. The second kappa shape index (κ2) is 28.8. The molecule has 2 unspecified atom stereocenters. The molecule has 6 N–H and O–H groups in total. The molecule has 18 nitrogen and oxygen atoms in total. The van der Waals surface area contributed by atoms with Crippen molar-refractivity contribution in [3.8, 4) is 0 Å². The number of hydrogen-bond acceptors (Lipinski definition) is 12. The normalized spacial score (nSPS) is 17.8. The Morgan fingerprint density at radius 3 is 1.88 bits per heavy atom. The predicted octanol–water partition coefficient (Wildman–Crippen LogP) is 9.53. The van der Waals surface area contributed by atoms with Gasteiger partial charge in [0, 0.05) is 35.5 Å². The summed E-state index contributed by atoms with van der Waals surface area (Å²) in [5.41, 5.74) is -1.83. The van der Waals surface area contributed by atoms with Gasteiger partial charge in [0.1, 0.15) is 23.8 Å². The van der Waals surface area contributed by atoms with Crippen LogP contribution in [-0.2, 0) is 57.5 Å². The van der Waals surface area contributed by atoms with Crippen molar-refractivity contribution in [1.82, 2.24) is 25.8 Å². The van der Waals surface area contributed by atoms with E-state index < -0.39 is 103 Å². The van der Waals surface area contributed by atoms with E-state index >= 15 is 8.78 Å². The highest BCUT2D eigenvalue weighted by atomic mass is 31.2. The molecule has 0 radical (unpaired) electrons. The van der Waals surface area contributed by atoms with E-state index in [1.165, 1.54) is 123 Å². The van der Waals surface area contributed by atoms with E-state index in [0.717, 1.165) is 37.8 Å². The molecule has 0 saturated carbocycles. The number of esters is 2. The summed E-state index contributed by atoms with van der Waals surface area (Å²) in [5, 5.41) is 8.49. The Morgan fingerprint density at radius 1 is 0.784 bits per heavy atom. The van der Waals surface area contributed by atoms with Crippen LogP contribution in [0.5, 0.6) is 0 Å². The molecule has 0 bridgehead atoms. The van der Waals surface area contributed by atoms with Gasteiger partial charge in [-0.25, -0.2) is 0 Å². The van der Waals surface area contributed by atoms with Crippen LogP contribution in [0.4, 0.5) is 8.78 Å². The lowest BCUT2D eigenvalue weighted by molar-refractivity contribution is -0.163. The third kappa shape index (κ3) is 18.4. The molecule has 2 saturated heterocycles. The number of aromatic amines is 1. The lowest BCUT2D eigenvalue weighted by Crippen LogP contribution is -2.57. The van der Waals surface area contributed by atoms with Crippen LogP contribution in [0.15, 0.2) is 24.3 Å². The molecule has 2 aromatic rings. The number of nitrogens with one attached hydrogen (secondary N) is 4. The second-order valence-electron chi connectivity index (χ2n) is 21.8. The molecular formula is C53H83F2N6O12P. The van der Waals surface area contributed by atoms with Gasteiger partial charge in [-0.05, 0) is 105 Å². The Balaban J connectivity index is 1.37. The number of ether oxygens (including phenoxy) is 2. The second-order valence-corrected chi connectivity index (χ2v) is 23.9. The van der Waals surface area contributed by atoms with Crippen LogP contribution in [-0.4, -0.2) is 95.7 Å². The number of primary amides is 1. The van der Waals surface area contributed by atoms with E-state index in [4.69, 9.17) is 24.3 Å². The van der Waals surface area contributed by atoms with Crippen molar-refractivity contribution in [2.75, 3.05) is 20.1 Å². The van der Waals surface area contributed by atoms with Gasteiger partial charge in [-0.1, -0.05) is 96.5 Å². The quantitative estimate of drug-likeness (QED) is 0.0205. The monoisotopic (exact) mass is 1060 g/mol. The molecule has 74 heavy (non-hydrogen) atoms. The summed E-state index contributed by atoms with van der Waals surface area (Å²) in [7, 11) is -5.63. The molecule has 0 spiro atoms. The number of rotatable bonds is 31. The highest BCUT2D eigenvalue weighted by Gasteiger charge is 2.56. The Kier molecular flexibility index (Phi) is 24.0. The van der Waals surface area contributed by atoms with Gasteiger partial charge in [-0.15, -0.1) is 0 Å². The summed E-state index contributed by atoms with van der Waals surface area (Å²) in [4.78, 5) is 96.2. The molecule has 5 amide bonds. The number of carbonyl (C=O) groups excluding carboxylic acids is 7. The van der Waals surface area contributed by atoms with E-state index in [-0.39, 0.29) is 41.9 Å². The maximum Gasteiger partial charge on any atom is 0.410 e. The molecule has 0 aliphatic carbocycles. The molecule has 1 aromatic carbocycles. The van der Waals surface area contributed by atoms with Crippen molar-refractivity contribution >= 4 is 60.0 Å². The zero-order chi connectivity index (χ0) is 54.7. The standard InChI is InChI=1S/C53H83F2N6O12P/c1-8-9-10-11-12-13-14-15-16-17-18-19-20-21-31-57-45(63)40(28-30-44(56)62)59-47(65)43-29-26-38-23-22-24-41(48(66)61(38)43)60-46(64)42-33-36-32-37(25-27-39(36)58-42)53(54,55)74(69,72-34-70-49(67)51(2,3)4)73-35-71-50(68)52(5,6)7/h25,27,32-33,38,40-41,43,58H,8-24,26,28-31,34-35H2,1-7H3,(H2,56,62)(H,57,63)(H,59,65)(H,60,64)/t38?,40?,41-,43-/m0/s1. The van der Waals surface area contributed by atoms with Crippen LogP contribution in [0, 0.1) is 10.8 Å². The number of unbranched alkanes of at least 4 members (excludes halogenated alkanes) is 13. The minimum atomic E-state index is -5.63. The Bertz CT molecular complexity index is 2230. The van der Waals surface area contributed by atoms with Gasteiger partial charge in [-0.3, -0.25) is 47.2 Å². The maximum absolute atomic E-state index is 16.4. The van der Waals surface area contributed by atoms with Crippen molar-refractivity contribution in [1.29, 1.82) is 0 Å². The van der Waals surface area contributed by atoms with Crippen LogP contribution >= 0.6 is 7.60 Å². The van der Waals surface area contributed by atoms with Gasteiger partial charge >= 0.3 is 25.2 Å². The van der Waals surface area contributed by atoms with Crippen LogP contribution in [0.25, 0.3) is 10.9 Å². The van der Waals surface area contributed by atoms with Crippen LogP contribution in [0.2, 0.25) is 0 Å². The van der Waals surface area contributed by atoms with Crippen molar-refractivity contribution in [2.24, 2.45) is 16.6 Å². The van der Waals surface area contributed by atoms with Gasteiger partial charge in [0.15, 0.2) is 0 Å². The number of nitrogens with zero attached hydrogens (tertiary/aromatic N) is 1. The van der Waals surface area contributed by atoms with E-state index in [1.807, 2.05) is 0 Å². The molecule has 4 rings (SSSR count). The highest BCUT2D eigenvalue weighted by molar-refractivity contribution is 7.54. The van der Waals surface area contributed by atoms with E-state index in [2.05, 4.69) is 27.9 Å². The first-order valence-electron chi connectivity index (χ1n) is 26.6. The lowest BCUT2D eigenvalue weighted by atomic mass is 9.98. The first-order valence-corrected chi connectivity index (χ1v) is 28.2. The molecule has 3 heterocycles. The topological polar surface area (TPSA) is 255 Å². The van der Waals surface area contributed by atoms with Gasteiger partial charge in [-0.2, -0.15) is 8.78 Å². The Labute approximate surface area is 435 Å². The fourth-order valence-corrected chi connectivity index (χ4v) is 10.2. The number of H-pyrrole nitrogens is 1. The summed E-state index contributed by atoms with van der Waals surface area (Å²) in [6.45, 7) is 9.36. The number of aromatic nitrogens is 1. The third-order valence-electron chi connectivity index (χ3n) is 13.4. The average molecular weight is 1070 g/mol. The van der Waals surface area contributed by atoms with Crippen molar-refractivity contribution in [3.63, 3.8) is 0 Å². The SMILES string of the molecule is CCCCCCCCCCCCCCCCNC(=O)C(CCC(N)=O)NC(=O)[C@@H]1CCC2CCC[C@H](NC(=O)c3cc4cc(C(F)(F)P(=O)(OCOC(=O)C(C)(C)C)OCOC(=O)C(C)(C)C)ccc4[nH]3)C(=O)N21. The van der Waals surface area contributed by atoms with Gasteiger partial charge < -0.3 is 41.0 Å². The molecule has 2 fully saturated rings. The zero-order valence-corrected chi connectivity index (χ0v) is 45.6. The summed E-state index contributed by atoms with van der Waals surface area (Å²) in [6, 6.07) is 0.982. The highest BCUT2D eigenvalue weighted by Crippen LogP contribution is 2.67. The Morgan fingerprint density at radius 2 is 1.34 bits per heavy atom. The minimum absolute atomic E-state index is 0.0253. The number of halogens is 2. The molecule has 4 atom stereocenters. The zero-order valence-electron chi connectivity index (χ0n) is 44.7. The predicted molar refractivity (Wildman–Crippen MR) is 275 cm³/mol. The number of benzene rings is 1. The van der Waals surface area contributed by atoms with E-state index in [9.17, 15) is 38.1 Å². The number of hydrogen-bond donors (Lipinski definition) is 5. The van der Waals surface area contributed by atoms with Crippen molar-refractivity contribution < 1.29 is 65.4 Å². The van der Waals surface area contributed by atoms with Gasteiger partial charge in [0.2, 0.25) is 37.2 Å². The summed E-state index contributed by atoms with van der Waals surface area (Å²) in [5.74, 6) is -4.55. The molecule has 21 heteroatoms. The Hall–Kier alpha value is -4.94. The minimum Gasteiger partial charge on any atom is -0.438 e. The fourth-order valence-electron chi connectivity index (χ4n) is 9.00. The van der Waals surface area contributed by atoms with Crippen LogP contribution < -0.4 is 21.7 Å². The third-order valence-corrected chi connectivity index (χ3v) is 15.3. The largest absolute Gasteiger partial charge is 0.438 e. The number of amides is 5. The van der Waals surface area contributed by atoms with Gasteiger partial charge in [0.05, 0.1) is 10.8 Å². The van der Waals surface area contributed by atoms with Crippen LogP contribution in [0.3, 0.4) is 0 Å². The van der Waals surface area contributed by atoms with Gasteiger partial charge in [0.25, 0.3) is 5.91 Å². The smallest absolute Gasteiger partial charge is 0.410 e. The van der Waals surface area contributed by atoms with E-state index in [1.54, 1.807) is 0 Å². The summed E-state index contributed by atoms with van der Waals surface area (Å²) >= 11 is 0. The number of nitrogens with two attached hydrogens (primary N) is 1. The molecule has 416 valence electrons. The first-order chi connectivity index (χ1) is 34.9. The molecule has 1 aromatic heterocycles. The fraction of sp³-hybridized carbons (Fsp3) is 0.717. The average Bonchev–Trinajstić information content (AvgIpc) is 3.93. The maximum atomic E-state index is 16.4. The number of fused-ring (bicyclic) bond motifs is 2. The molecule has 2 aliphatic rings. The first kappa shape index (κ1) is 61.6. The molecular weight excluding hydrogens is 982 g/mol. The van der Waals surface area contributed by atoms with Crippen LogP contribution in [0.1, 0.15) is 199 Å². The number of carbonyl (C=O) groups is 7. The van der Waals surface area contributed by atoms with Crippen molar-refractivity contribution in [2.45, 2.75) is 213 Å². The molecule has 2 aliphatic heterocycles.